The molecular formula is C13H14ClN3O. The monoisotopic (exact) mass is 263 g/mol. The molecule has 0 N–H and O–H groups in total. The number of rotatable bonds is 5. The van der Waals surface area contributed by atoms with Gasteiger partial charge in [-0.3, -0.25) is 4.79 Å². The van der Waals surface area contributed by atoms with Crippen molar-refractivity contribution in [3.8, 4) is 0 Å². The van der Waals surface area contributed by atoms with E-state index >= 15 is 0 Å². The molecule has 1 heterocycles. The van der Waals surface area contributed by atoms with Gasteiger partial charge in [0.25, 0.3) is 0 Å². The van der Waals surface area contributed by atoms with Crippen molar-refractivity contribution in [1.82, 2.24) is 15.0 Å². The minimum atomic E-state index is 0.415. The Bertz CT molecular complexity index is 534. The van der Waals surface area contributed by atoms with Crippen molar-refractivity contribution in [3.63, 3.8) is 0 Å². The van der Waals surface area contributed by atoms with Crippen molar-refractivity contribution in [3.05, 3.63) is 46.2 Å². The molecule has 94 valence electrons. The van der Waals surface area contributed by atoms with E-state index in [9.17, 15) is 4.79 Å². The quantitative estimate of drug-likeness (QED) is 0.780. The van der Waals surface area contributed by atoms with Gasteiger partial charge in [0.1, 0.15) is 5.69 Å². The van der Waals surface area contributed by atoms with Crippen molar-refractivity contribution in [1.29, 1.82) is 0 Å². The average molecular weight is 264 g/mol. The van der Waals surface area contributed by atoms with Gasteiger partial charge in [-0.25, -0.2) is 4.68 Å². The summed E-state index contributed by atoms with van der Waals surface area (Å²) in [5.41, 5.74) is 2.36. The fourth-order valence-corrected chi connectivity index (χ4v) is 1.93. The Labute approximate surface area is 111 Å². The van der Waals surface area contributed by atoms with Crippen LogP contribution in [0.3, 0.4) is 0 Å². The number of carbonyl (C=O) groups is 1. The second kappa shape index (κ2) is 5.78. The summed E-state index contributed by atoms with van der Waals surface area (Å²) in [7, 11) is 0. The van der Waals surface area contributed by atoms with Gasteiger partial charge in [0, 0.05) is 18.0 Å². The van der Waals surface area contributed by atoms with Gasteiger partial charge in [-0.05, 0) is 24.1 Å². The molecule has 1 aromatic heterocycles. The number of aldehydes is 1. The summed E-state index contributed by atoms with van der Waals surface area (Å²) < 4.78 is 1.79. The Balaban J connectivity index is 2.28. The Kier molecular flexibility index (Phi) is 4.10. The molecule has 0 bridgehead atoms. The largest absolute Gasteiger partial charge is 0.296 e. The zero-order valence-corrected chi connectivity index (χ0v) is 10.9. The Morgan fingerprint density at radius 2 is 2.06 bits per heavy atom. The van der Waals surface area contributed by atoms with E-state index in [4.69, 9.17) is 11.6 Å². The van der Waals surface area contributed by atoms with E-state index in [1.54, 1.807) is 4.68 Å². The van der Waals surface area contributed by atoms with E-state index in [0.29, 0.717) is 17.1 Å². The van der Waals surface area contributed by atoms with Crippen LogP contribution in [0.5, 0.6) is 0 Å². The highest BCUT2D eigenvalue weighted by molar-refractivity contribution is 6.30. The van der Waals surface area contributed by atoms with Crippen LogP contribution in [-0.4, -0.2) is 21.3 Å². The van der Waals surface area contributed by atoms with Crippen molar-refractivity contribution in [2.45, 2.75) is 26.3 Å². The van der Waals surface area contributed by atoms with E-state index in [0.717, 1.165) is 30.5 Å². The van der Waals surface area contributed by atoms with Crippen molar-refractivity contribution in [2.75, 3.05) is 0 Å². The maximum atomic E-state index is 11.0. The first-order valence-electron chi connectivity index (χ1n) is 5.86. The second-order valence-corrected chi connectivity index (χ2v) is 4.50. The first-order chi connectivity index (χ1) is 8.74. The molecule has 0 atom stereocenters. The number of nitrogens with zero attached hydrogens (tertiary/aromatic N) is 3. The van der Waals surface area contributed by atoms with Crippen LogP contribution in [0.15, 0.2) is 24.3 Å². The van der Waals surface area contributed by atoms with Crippen LogP contribution in [0, 0.1) is 0 Å². The summed E-state index contributed by atoms with van der Waals surface area (Å²) in [6.07, 6.45) is 2.35. The highest BCUT2D eigenvalue weighted by Crippen LogP contribution is 2.15. The fraction of sp³-hybridized carbons (Fsp3) is 0.308. The van der Waals surface area contributed by atoms with Crippen LogP contribution < -0.4 is 0 Å². The summed E-state index contributed by atoms with van der Waals surface area (Å²) in [6, 6.07) is 7.57. The summed E-state index contributed by atoms with van der Waals surface area (Å²) in [5, 5.41) is 8.59. The van der Waals surface area contributed by atoms with Crippen LogP contribution in [0.25, 0.3) is 0 Å². The summed E-state index contributed by atoms with van der Waals surface area (Å²) >= 11 is 5.85. The van der Waals surface area contributed by atoms with Crippen LogP contribution in [-0.2, 0) is 13.0 Å². The molecule has 1 aromatic carbocycles. The highest BCUT2D eigenvalue weighted by Gasteiger charge is 2.12. The van der Waals surface area contributed by atoms with Gasteiger partial charge in [-0.1, -0.05) is 35.9 Å². The van der Waals surface area contributed by atoms with Gasteiger partial charge in [0.2, 0.25) is 0 Å². The smallest absolute Gasteiger partial charge is 0.172 e. The first-order valence-corrected chi connectivity index (χ1v) is 6.24. The lowest BCUT2D eigenvalue weighted by atomic mass is 10.1. The van der Waals surface area contributed by atoms with Crippen LogP contribution in [0.2, 0.25) is 5.02 Å². The van der Waals surface area contributed by atoms with Crippen LogP contribution in [0.4, 0.5) is 0 Å². The normalized spacial score (nSPS) is 10.6. The molecule has 0 spiro atoms. The van der Waals surface area contributed by atoms with Gasteiger partial charge >= 0.3 is 0 Å². The lowest BCUT2D eigenvalue weighted by Gasteiger charge is -2.05. The van der Waals surface area contributed by atoms with E-state index in [2.05, 4.69) is 17.2 Å². The average Bonchev–Trinajstić information content (AvgIpc) is 2.75. The third-order valence-corrected chi connectivity index (χ3v) is 2.95. The Morgan fingerprint density at radius 1 is 1.33 bits per heavy atom. The van der Waals surface area contributed by atoms with E-state index in [1.165, 1.54) is 0 Å². The maximum Gasteiger partial charge on any atom is 0.172 e. The van der Waals surface area contributed by atoms with E-state index < -0.39 is 0 Å². The molecule has 0 aliphatic rings. The molecule has 4 nitrogen and oxygen atoms in total. The third kappa shape index (κ3) is 2.76. The summed E-state index contributed by atoms with van der Waals surface area (Å²) in [6.45, 7) is 2.83. The Morgan fingerprint density at radius 3 is 2.67 bits per heavy atom. The standard InChI is InChI=1S/C13H14ClN3O/c1-2-7-17-13(12(9-18)15-16-17)8-10-3-5-11(14)6-4-10/h3-6,9H,2,7-8H2,1H3. The number of aryl methyl sites for hydroxylation is 1. The molecule has 0 unspecified atom stereocenters. The third-order valence-electron chi connectivity index (χ3n) is 2.70. The van der Waals surface area contributed by atoms with Gasteiger partial charge in [0.15, 0.2) is 6.29 Å². The predicted molar refractivity (Wildman–Crippen MR) is 70.0 cm³/mol. The number of benzene rings is 1. The molecule has 0 saturated heterocycles. The lowest BCUT2D eigenvalue weighted by molar-refractivity contribution is 0.111. The number of hydrogen-bond acceptors (Lipinski definition) is 3. The zero-order chi connectivity index (χ0) is 13.0. The lowest BCUT2D eigenvalue weighted by Crippen LogP contribution is -2.06. The van der Waals surface area contributed by atoms with Gasteiger partial charge in [-0.15, -0.1) is 5.10 Å². The molecule has 2 rings (SSSR count). The minimum absolute atomic E-state index is 0.415. The first kappa shape index (κ1) is 12.8. The predicted octanol–water partition coefficient (Wildman–Crippen LogP) is 2.74. The molecule has 0 amide bonds. The number of halogens is 1. The molecule has 0 fully saturated rings. The van der Waals surface area contributed by atoms with Gasteiger partial charge < -0.3 is 0 Å². The van der Waals surface area contributed by atoms with E-state index in [1.807, 2.05) is 24.3 Å². The van der Waals surface area contributed by atoms with Gasteiger partial charge in [-0.2, -0.15) is 0 Å². The molecule has 2 aromatic rings. The molecule has 0 radical (unpaired) electrons. The number of hydrogen-bond donors (Lipinski definition) is 0. The Hall–Kier alpha value is -1.68. The number of aromatic nitrogens is 3. The van der Waals surface area contributed by atoms with Crippen LogP contribution in [0.1, 0.15) is 35.1 Å². The molecule has 5 heteroatoms. The van der Waals surface area contributed by atoms with Gasteiger partial charge in [0.05, 0.1) is 5.69 Å². The molecular weight excluding hydrogens is 250 g/mol. The molecule has 0 aliphatic heterocycles. The van der Waals surface area contributed by atoms with E-state index in [-0.39, 0.29) is 0 Å². The second-order valence-electron chi connectivity index (χ2n) is 4.07. The summed E-state index contributed by atoms with van der Waals surface area (Å²) in [4.78, 5) is 11.0. The zero-order valence-electron chi connectivity index (χ0n) is 10.1. The minimum Gasteiger partial charge on any atom is -0.296 e. The highest BCUT2D eigenvalue weighted by atomic mass is 35.5. The fourth-order valence-electron chi connectivity index (χ4n) is 1.81. The molecule has 0 saturated carbocycles. The van der Waals surface area contributed by atoms with Crippen LogP contribution >= 0.6 is 11.6 Å². The molecule has 18 heavy (non-hydrogen) atoms. The van der Waals surface area contributed by atoms with Crippen molar-refractivity contribution >= 4 is 17.9 Å². The topological polar surface area (TPSA) is 47.8 Å². The SMILES string of the molecule is CCCn1nnc(C=O)c1Cc1ccc(Cl)cc1. The molecule has 0 aliphatic carbocycles. The maximum absolute atomic E-state index is 11.0. The number of carbonyl (C=O) groups excluding carboxylic acids is 1. The summed E-state index contributed by atoms with van der Waals surface area (Å²) in [5.74, 6) is 0. The van der Waals surface area contributed by atoms with Crippen molar-refractivity contribution in [2.24, 2.45) is 0 Å². The van der Waals surface area contributed by atoms with Crippen molar-refractivity contribution < 1.29 is 4.79 Å².